The van der Waals surface area contributed by atoms with Gasteiger partial charge in [-0.15, -0.1) is 5.10 Å². The van der Waals surface area contributed by atoms with E-state index in [1.807, 2.05) is 25.1 Å². The molecule has 4 aromatic rings. The minimum absolute atomic E-state index is 0.458. The number of aryl methyl sites for hydroxylation is 1. The van der Waals surface area contributed by atoms with Crippen LogP contribution < -0.4 is 14.8 Å². The second-order valence-electron chi connectivity index (χ2n) is 7.88. The lowest BCUT2D eigenvalue weighted by molar-refractivity contribution is 0.233. The lowest BCUT2D eigenvalue weighted by Gasteiger charge is -2.14. The Balaban J connectivity index is 1.31. The van der Waals surface area contributed by atoms with Crippen molar-refractivity contribution in [1.29, 1.82) is 0 Å². The monoisotopic (exact) mass is 465 g/mol. The summed E-state index contributed by atoms with van der Waals surface area (Å²) in [6.45, 7) is 5.60. The third-order valence-electron chi connectivity index (χ3n) is 5.48. The Morgan fingerprint density at radius 3 is 2.79 bits per heavy atom. The number of benzene rings is 1. The number of nitrogens with zero attached hydrogens (tertiary/aromatic N) is 5. The number of hydrogen-bond donors (Lipinski definition) is 2. The summed E-state index contributed by atoms with van der Waals surface area (Å²) in [5.41, 5.74) is 2.27. The van der Waals surface area contributed by atoms with E-state index in [4.69, 9.17) is 21.1 Å². The van der Waals surface area contributed by atoms with Gasteiger partial charge in [0.1, 0.15) is 35.6 Å². The first-order chi connectivity index (χ1) is 16.2. The van der Waals surface area contributed by atoms with Gasteiger partial charge >= 0.3 is 0 Å². The predicted octanol–water partition coefficient (Wildman–Crippen LogP) is 4.72. The lowest BCUT2D eigenvalue weighted by Crippen LogP contribution is -2.25. The van der Waals surface area contributed by atoms with E-state index in [1.165, 1.54) is 19.2 Å². The Kier molecular flexibility index (Phi) is 6.23. The Bertz CT molecular complexity index is 1240. The summed E-state index contributed by atoms with van der Waals surface area (Å²) < 4.78 is 11.8. The Morgan fingerprint density at radius 2 is 2.00 bits per heavy atom. The molecule has 0 spiro atoms. The number of halogens is 1. The maximum atomic E-state index is 6.47. The quantitative estimate of drug-likeness (QED) is 0.385. The zero-order chi connectivity index (χ0) is 22.6. The van der Waals surface area contributed by atoms with Crippen molar-refractivity contribution in [2.45, 2.75) is 19.8 Å². The van der Waals surface area contributed by atoms with Gasteiger partial charge in [-0.25, -0.2) is 9.97 Å². The number of aromatic amines is 1. The van der Waals surface area contributed by atoms with Crippen LogP contribution in [0.2, 0.25) is 5.02 Å². The van der Waals surface area contributed by atoms with Crippen LogP contribution in [0.15, 0.2) is 42.9 Å². The first-order valence-electron chi connectivity index (χ1n) is 10.9. The minimum atomic E-state index is 0.458. The van der Waals surface area contributed by atoms with E-state index < -0.39 is 0 Å². The van der Waals surface area contributed by atoms with Crippen molar-refractivity contribution in [1.82, 2.24) is 30.0 Å². The number of H-pyrrole nitrogens is 1. The molecule has 1 aromatic carbocycles. The molecule has 9 nitrogen and oxygen atoms in total. The van der Waals surface area contributed by atoms with Crippen LogP contribution in [0.25, 0.3) is 11.0 Å². The molecule has 0 amide bonds. The van der Waals surface area contributed by atoms with Crippen LogP contribution in [0, 0.1) is 6.92 Å². The highest BCUT2D eigenvalue weighted by Gasteiger charge is 2.16. The molecule has 0 unspecified atom stereocenters. The lowest BCUT2D eigenvalue weighted by atomic mass is 10.3. The summed E-state index contributed by atoms with van der Waals surface area (Å²) in [6, 6.07) is 9.18. The molecule has 4 heterocycles. The van der Waals surface area contributed by atoms with Gasteiger partial charge in [0, 0.05) is 17.9 Å². The summed E-state index contributed by atoms with van der Waals surface area (Å²) >= 11 is 6.47. The summed E-state index contributed by atoms with van der Waals surface area (Å²) in [5, 5.41) is 11.6. The summed E-state index contributed by atoms with van der Waals surface area (Å²) in [5.74, 6) is 2.22. The molecule has 0 saturated carbocycles. The Labute approximate surface area is 196 Å². The number of pyridine rings is 1. The van der Waals surface area contributed by atoms with Crippen LogP contribution in [0.5, 0.6) is 17.4 Å². The molecule has 1 aliphatic rings. The average Bonchev–Trinajstić information content (AvgIpc) is 3.48. The standard InChI is InChI=1S/C23H24ClN7O2/c1-15-4-6-17(13-25-15)33-19-7-5-16(12-18(19)24)28-21-20-22(27-14-26-21)29-30-23(20)32-11-10-31-8-2-3-9-31/h4-7,12-14H,2-3,8-11H2,1H3,(H2,26,27,28,29,30). The van der Waals surface area contributed by atoms with Gasteiger partial charge in [0.05, 0.1) is 11.2 Å². The maximum absolute atomic E-state index is 6.47. The summed E-state index contributed by atoms with van der Waals surface area (Å²) in [4.78, 5) is 15.3. The number of nitrogens with one attached hydrogen (secondary N) is 2. The fourth-order valence-electron chi connectivity index (χ4n) is 3.75. The van der Waals surface area contributed by atoms with Gasteiger partial charge < -0.3 is 14.8 Å². The molecule has 1 saturated heterocycles. The van der Waals surface area contributed by atoms with Crippen molar-refractivity contribution < 1.29 is 9.47 Å². The third-order valence-corrected chi connectivity index (χ3v) is 5.77. The summed E-state index contributed by atoms with van der Waals surface area (Å²) in [6.07, 6.45) is 5.64. The highest BCUT2D eigenvalue weighted by atomic mass is 35.5. The van der Waals surface area contributed by atoms with Gasteiger partial charge in [-0.3, -0.25) is 15.0 Å². The molecule has 10 heteroatoms. The smallest absolute Gasteiger partial charge is 0.246 e. The first kappa shape index (κ1) is 21.4. The molecule has 1 aliphatic heterocycles. The minimum Gasteiger partial charge on any atom is -0.475 e. The Morgan fingerprint density at radius 1 is 1.12 bits per heavy atom. The van der Waals surface area contributed by atoms with Crippen LogP contribution in [0.3, 0.4) is 0 Å². The first-order valence-corrected chi connectivity index (χ1v) is 11.2. The second-order valence-corrected chi connectivity index (χ2v) is 8.29. The van der Waals surface area contributed by atoms with Gasteiger partial charge in [-0.05, 0) is 63.2 Å². The van der Waals surface area contributed by atoms with Crippen LogP contribution in [-0.2, 0) is 0 Å². The van der Waals surface area contributed by atoms with E-state index in [-0.39, 0.29) is 0 Å². The molecule has 3 aromatic heterocycles. The maximum Gasteiger partial charge on any atom is 0.246 e. The van der Waals surface area contributed by atoms with Crippen molar-refractivity contribution in [3.63, 3.8) is 0 Å². The van der Waals surface area contributed by atoms with Crippen LogP contribution >= 0.6 is 11.6 Å². The molecular formula is C23H24ClN7O2. The zero-order valence-electron chi connectivity index (χ0n) is 18.2. The van der Waals surface area contributed by atoms with Crippen molar-refractivity contribution in [2.24, 2.45) is 0 Å². The van der Waals surface area contributed by atoms with Gasteiger partial charge in [0.25, 0.3) is 0 Å². The van der Waals surface area contributed by atoms with Crippen molar-refractivity contribution in [3.05, 3.63) is 53.6 Å². The average molecular weight is 466 g/mol. The molecule has 0 aliphatic carbocycles. The third kappa shape index (κ3) is 4.99. The van der Waals surface area contributed by atoms with Gasteiger partial charge in [-0.1, -0.05) is 11.6 Å². The molecular weight excluding hydrogens is 442 g/mol. The number of ether oxygens (including phenoxy) is 2. The number of aromatic nitrogens is 5. The van der Waals surface area contributed by atoms with Gasteiger partial charge in [0.2, 0.25) is 5.88 Å². The molecule has 0 radical (unpaired) electrons. The molecule has 1 fully saturated rings. The molecule has 33 heavy (non-hydrogen) atoms. The molecule has 5 rings (SSSR count). The number of anilines is 2. The van der Waals surface area contributed by atoms with Crippen molar-refractivity contribution >= 4 is 34.1 Å². The Hall–Kier alpha value is -3.43. The second kappa shape index (κ2) is 9.60. The fraction of sp³-hybridized carbons (Fsp3) is 0.304. The van der Waals surface area contributed by atoms with Gasteiger partial charge in [0.15, 0.2) is 5.65 Å². The topological polar surface area (TPSA) is 101 Å². The van der Waals surface area contributed by atoms with Crippen LogP contribution in [-0.4, -0.2) is 56.3 Å². The van der Waals surface area contributed by atoms with Crippen molar-refractivity contribution in [3.8, 4) is 17.4 Å². The van der Waals surface area contributed by atoms with E-state index in [0.29, 0.717) is 45.9 Å². The molecule has 2 N–H and O–H groups in total. The van der Waals surface area contributed by atoms with E-state index in [0.717, 1.165) is 31.0 Å². The number of fused-ring (bicyclic) bond motifs is 1. The number of hydrogen-bond acceptors (Lipinski definition) is 8. The fourth-order valence-corrected chi connectivity index (χ4v) is 3.97. The predicted molar refractivity (Wildman–Crippen MR) is 127 cm³/mol. The SMILES string of the molecule is Cc1ccc(Oc2ccc(Nc3ncnc4[nH]nc(OCCN5CCCC5)c34)cc2Cl)cn1. The van der Waals surface area contributed by atoms with E-state index in [1.54, 1.807) is 18.3 Å². The molecule has 0 atom stereocenters. The highest BCUT2D eigenvalue weighted by Crippen LogP contribution is 2.34. The van der Waals surface area contributed by atoms with E-state index in [2.05, 4.69) is 35.4 Å². The van der Waals surface area contributed by atoms with E-state index >= 15 is 0 Å². The van der Waals surface area contributed by atoms with Gasteiger partial charge in [-0.2, -0.15) is 0 Å². The highest BCUT2D eigenvalue weighted by molar-refractivity contribution is 6.32. The normalized spacial score (nSPS) is 14.0. The van der Waals surface area contributed by atoms with Crippen LogP contribution in [0.1, 0.15) is 18.5 Å². The number of likely N-dealkylation sites (tertiary alicyclic amines) is 1. The summed E-state index contributed by atoms with van der Waals surface area (Å²) in [7, 11) is 0. The zero-order valence-corrected chi connectivity index (χ0v) is 19.0. The van der Waals surface area contributed by atoms with Crippen molar-refractivity contribution in [2.75, 3.05) is 31.6 Å². The molecule has 170 valence electrons. The van der Waals surface area contributed by atoms with Crippen LogP contribution in [0.4, 0.5) is 11.5 Å². The van der Waals surface area contributed by atoms with E-state index in [9.17, 15) is 0 Å². The molecule has 0 bridgehead atoms. The number of rotatable bonds is 8. The largest absolute Gasteiger partial charge is 0.475 e.